The molecular formula is C31H35N3O. The molecule has 1 aliphatic heterocycles. The van der Waals surface area contributed by atoms with Gasteiger partial charge in [-0.15, -0.1) is 0 Å². The molecule has 4 nitrogen and oxygen atoms in total. The first-order chi connectivity index (χ1) is 16.8. The van der Waals surface area contributed by atoms with Crippen molar-refractivity contribution in [2.45, 2.75) is 53.0 Å². The average Bonchev–Trinajstić information content (AvgIpc) is 3.21. The Bertz CT molecular complexity index is 1340. The highest BCUT2D eigenvalue weighted by Gasteiger charge is 2.29. The third kappa shape index (κ3) is 4.22. The van der Waals surface area contributed by atoms with E-state index in [1.165, 1.54) is 45.0 Å². The first kappa shape index (κ1) is 23.2. The molecule has 3 aromatic carbocycles. The van der Waals surface area contributed by atoms with Gasteiger partial charge >= 0.3 is 0 Å². The van der Waals surface area contributed by atoms with Crippen LogP contribution >= 0.6 is 0 Å². The number of nitrogens with zero attached hydrogens (tertiary/aromatic N) is 3. The molecule has 0 aliphatic carbocycles. The molecule has 35 heavy (non-hydrogen) atoms. The summed E-state index contributed by atoms with van der Waals surface area (Å²) in [5.41, 5.74) is 11.3. The number of methoxy groups -OCH3 is 1. The van der Waals surface area contributed by atoms with E-state index in [0.29, 0.717) is 0 Å². The molecule has 0 radical (unpaired) electrons. The predicted octanol–water partition coefficient (Wildman–Crippen LogP) is 7.02. The van der Waals surface area contributed by atoms with Crippen LogP contribution in [0.15, 0.2) is 66.7 Å². The summed E-state index contributed by atoms with van der Waals surface area (Å²) in [6.07, 6.45) is 0.925. The average molecular weight is 466 g/mol. The van der Waals surface area contributed by atoms with Crippen molar-refractivity contribution in [2.75, 3.05) is 18.6 Å². The van der Waals surface area contributed by atoms with Crippen LogP contribution in [0.25, 0.3) is 16.9 Å². The van der Waals surface area contributed by atoms with E-state index in [4.69, 9.17) is 9.84 Å². The second kappa shape index (κ2) is 8.92. The van der Waals surface area contributed by atoms with Crippen LogP contribution in [0.3, 0.4) is 0 Å². The molecule has 0 saturated carbocycles. The van der Waals surface area contributed by atoms with Crippen LogP contribution in [-0.4, -0.2) is 23.4 Å². The molecule has 1 aromatic heterocycles. The van der Waals surface area contributed by atoms with Gasteiger partial charge in [0.2, 0.25) is 0 Å². The van der Waals surface area contributed by atoms with Crippen molar-refractivity contribution in [1.29, 1.82) is 0 Å². The number of hydrogen-bond acceptors (Lipinski definition) is 3. The summed E-state index contributed by atoms with van der Waals surface area (Å²) in [6.45, 7) is 13.0. The van der Waals surface area contributed by atoms with E-state index < -0.39 is 0 Å². The van der Waals surface area contributed by atoms with Gasteiger partial charge in [-0.25, -0.2) is 4.68 Å². The lowest BCUT2D eigenvalue weighted by atomic mass is 9.85. The maximum atomic E-state index is 5.44. The fraction of sp³-hybridized carbons (Fsp3) is 0.323. The van der Waals surface area contributed by atoms with Gasteiger partial charge in [-0.05, 0) is 66.3 Å². The summed E-state index contributed by atoms with van der Waals surface area (Å²) in [5.74, 6) is 0.862. The Labute approximate surface area is 209 Å². The quantitative estimate of drug-likeness (QED) is 0.324. The highest BCUT2D eigenvalue weighted by atomic mass is 16.5. The lowest BCUT2D eigenvalue weighted by Crippen LogP contribution is -2.32. The molecule has 4 heteroatoms. The number of rotatable bonds is 4. The van der Waals surface area contributed by atoms with Gasteiger partial charge in [-0.2, -0.15) is 5.10 Å². The topological polar surface area (TPSA) is 30.3 Å². The van der Waals surface area contributed by atoms with E-state index >= 15 is 0 Å². The van der Waals surface area contributed by atoms with Crippen molar-refractivity contribution < 1.29 is 4.74 Å². The minimum Gasteiger partial charge on any atom is -0.497 e. The zero-order chi connectivity index (χ0) is 24.7. The molecule has 0 fully saturated rings. The highest BCUT2D eigenvalue weighted by Crippen LogP contribution is 2.39. The van der Waals surface area contributed by atoms with Gasteiger partial charge in [0.1, 0.15) is 5.75 Å². The van der Waals surface area contributed by atoms with Crippen LogP contribution in [0.2, 0.25) is 0 Å². The van der Waals surface area contributed by atoms with Crippen molar-refractivity contribution in [3.63, 3.8) is 0 Å². The molecule has 0 saturated heterocycles. The second-order valence-corrected chi connectivity index (χ2v) is 10.6. The first-order valence-electron chi connectivity index (χ1n) is 12.4. The molecule has 0 N–H and O–H groups in total. The molecule has 0 amide bonds. The van der Waals surface area contributed by atoms with E-state index in [-0.39, 0.29) is 5.41 Å². The molecule has 0 bridgehead atoms. The van der Waals surface area contributed by atoms with Gasteiger partial charge in [0.15, 0.2) is 0 Å². The lowest BCUT2D eigenvalue weighted by molar-refractivity contribution is 0.415. The van der Waals surface area contributed by atoms with Crippen molar-refractivity contribution in [2.24, 2.45) is 0 Å². The molecule has 0 spiro atoms. The van der Waals surface area contributed by atoms with Crippen LogP contribution in [0.1, 0.15) is 48.7 Å². The zero-order valence-electron chi connectivity index (χ0n) is 21.7. The summed E-state index contributed by atoms with van der Waals surface area (Å²) >= 11 is 0. The molecular weight excluding hydrogens is 430 g/mol. The summed E-state index contributed by atoms with van der Waals surface area (Å²) in [7, 11) is 1.71. The highest BCUT2D eigenvalue weighted by molar-refractivity contribution is 5.71. The number of fused-ring (bicyclic) bond motifs is 1. The van der Waals surface area contributed by atoms with E-state index in [9.17, 15) is 0 Å². The first-order valence-corrected chi connectivity index (χ1v) is 12.4. The minimum atomic E-state index is 0.0815. The largest absolute Gasteiger partial charge is 0.497 e. The molecule has 180 valence electrons. The smallest absolute Gasteiger partial charge is 0.118 e. The Morgan fingerprint density at radius 3 is 2.20 bits per heavy atom. The minimum absolute atomic E-state index is 0.0815. The number of aryl methyl sites for hydroxylation is 2. The fourth-order valence-corrected chi connectivity index (χ4v) is 5.31. The van der Waals surface area contributed by atoms with Crippen LogP contribution in [-0.2, 0) is 18.4 Å². The van der Waals surface area contributed by atoms with Crippen molar-refractivity contribution in [3.8, 4) is 22.7 Å². The van der Waals surface area contributed by atoms with Gasteiger partial charge in [-0.3, -0.25) is 0 Å². The summed E-state index contributed by atoms with van der Waals surface area (Å²) < 4.78 is 7.63. The van der Waals surface area contributed by atoms with E-state index in [1.54, 1.807) is 7.11 Å². The maximum absolute atomic E-state index is 5.44. The molecule has 1 aliphatic rings. The molecule has 4 aromatic rings. The predicted molar refractivity (Wildman–Crippen MR) is 145 cm³/mol. The number of hydrogen-bond donors (Lipinski definition) is 0. The maximum Gasteiger partial charge on any atom is 0.118 e. The SMILES string of the molecule is COc1ccc(-c2c3c(nn2-c2c(C)cccc2C)CCN(c2ccccc2C(C)(C)C)C3)cc1. The Morgan fingerprint density at radius 1 is 0.857 bits per heavy atom. The fourth-order valence-electron chi connectivity index (χ4n) is 5.31. The van der Waals surface area contributed by atoms with Crippen LogP contribution in [0.5, 0.6) is 5.75 Å². The van der Waals surface area contributed by atoms with Gasteiger partial charge in [0, 0.05) is 36.3 Å². The standard InChI is InChI=1S/C31H35N3O/c1-21-10-9-11-22(2)29(21)34-30(23-14-16-24(35-6)17-15-23)25-20-33(19-18-27(25)32-34)28-13-8-7-12-26(28)31(3,4)5/h7-17H,18-20H2,1-6H3. The normalized spacial score (nSPS) is 13.6. The third-order valence-electron chi connectivity index (χ3n) is 7.10. The summed E-state index contributed by atoms with van der Waals surface area (Å²) in [5, 5.41) is 5.22. The second-order valence-electron chi connectivity index (χ2n) is 10.6. The third-order valence-corrected chi connectivity index (χ3v) is 7.10. The Hall–Kier alpha value is -3.53. The van der Waals surface area contributed by atoms with Gasteiger partial charge < -0.3 is 9.64 Å². The van der Waals surface area contributed by atoms with Crippen molar-refractivity contribution >= 4 is 5.69 Å². The van der Waals surface area contributed by atoms with E-state index in [1.807, 2.05) is 12.1 Å². The van der Waals surface area contributed by atoms with Crippen LogP contribution in [0, 0.1) is 13.8 Å². The summed E-state index contributed by atoms with van der Waals surface area (Å²) in [6, 6.07) is 23.7. The van der Waals surface area contributed by atoms with E-state index in [2.05, 4.69) is 98.8 Å². The number of para-hydroxylation sites is 2. The monoisotopic (exact) mass is 465 g/mol. The number of ether oxygens (including phenoxy) is 1. The van der Waals surface area contributed by atoms with Gasteiger partial charge in [-0.1, -0.05) is 57.2 Å². The Balaban J connectivity index is 1.68. The Morgan fingerprint density at radius 2 is 1.54 bits per heavy atom. The number of aromatic nitrogens is 2. The van der Waals surface area contributed by atoms with Gasteiger partial charge in [0.05, 0.1) is 24.2 Å². The molecule has 5 rings (SSSR count). The zero-order valence-corrected chi connectivity index (χ0v) is 21.7. The number of benzene rings is 3. The van der Waals surface area contributed by atoms with Crippen molar-refractivity contribution in [3.05, 3.63) is 94.7 Å². The molecule has 2 heterocycles. The van der Waals surface area contributed by atoms with Crippen LogP contribution in [0.4, 0.5) is 5.69 Å². The molecule has 0 atom stereocenters. The lowest BCUT2D eigenvalue weighted by Gasteiger charge is -2.34. The molecule has 0 unspecified atom stereocenters. The van der Waals surface area contributed by atoms with Crippen LogP contribution < -0.4 is 9.64 Å². The Kier molecular flexibility index (Phi) is 5.92. The van der Waals surface area contributed by atoms with Crippen molar-refractivity contribution in [1.82, 2.24) is 9.78 Å². The summed E-state index contributed by atoms with van der Waals surface area (Å²) in [4.78, 5) is 2.53. The van der Waals surface area contributed by atoms with E-state index in [0.717, 1.165) is 30.8 Å². The number of anilines is 1. The van der Waals surface area contributed by atoms with Gasteiger partial charge in [0.25, 0.3) is 0 Å².